The van der Waals surface area contributed by atoms with E-state index in [0.717, 1.165) is 71.3 Å². The minimum Gasteiger partial charge on any atom is -0.456 e. The van der Waals surface area contributed by atoms with Crippen LogP contribution in [0, 0.1) is 0 Å². The number of aromatic nitrogens is 5. The highest BCUT2D eigenvalue weighted by Gasteiger charge is 2.22. The molecule has 0 amide bonds. The number of fused-ring (bicyclic) bond motifs is 9. The van der Waals surface area contributed by atoms with Crippen molar-refractivity contribution in [3.8, 4) is 0 Å². The third-order valence-corrected chi connectivity index (χ3v) is 10.5. The maximum absolute atomic E-state index is 6.26. The van der Waals surface area contributed by atoms with Crippen LogP contribution in [0.4, 0.5) is 34.5 Å². The van der Waals surface area contributed by atoms with Gasteiger partial charge in [-0.15, -0.1) is 31.7 Å². The highest BCUT2D eigenvalue weighted by Crippen LogP contribution is 2.41. The van der Waals surface area contributed by atoms with Crippen molar-refractivity contribution in [1.29, 1.82) is 0 Å². The second-order valence-corrected chi connectivity index (χ2v) is 13.7. The van der Waals surface area contributed by atoms with E-state index in [9.17, 15) is 0 Å². The van der Waals surface area contributed by atoms with Crippen LogP contribution in [0.15, 0.2) is 160 Å². The average Bonchev–Trinajstić information content (AvgIpc) is 3.89. The zero-order valence-corrected chi connectivity index (χ0v) is 28.6. The molecule has 250 valence electrons. The standard InChI is InChI=1S/C43H25N7O2S/c1-3-11-26(12-4-1)49(28-19-21-32-30-15-7-9-17-34(30)51-36(32)23-28)39-25-38-40(46-45-39)41-42(53-38)44-43(48-47-41)50(27-13-5-2-6-14-27)29-20-22-33-31-16-8-10-18-35(31)52-37(33)24-29/h1-25H. The molecule has 0 fully saturated rings. The van der Waals surface area contributed by atoms with Crippen molar-refractivity contribution < 1.29 is 8.83 Å². The molecule has 0 unspecified atom stereocenters. The number of para-hydroxylation sites is 4. The first-order valence-electron chi connectivity index (χ1n) is 17.1. The maximum atomic E-state index is 6.26. The summed E-state index contributed by atoms with van der Waals surface area (Å²) in [6.07, 6.45) is 0. The minimum atomic E-state index is 0.434. The topological polar surface area (TPSA) is 97.2 Å². The van der Waals surface area contributed by atoms with Gasteiger partial charge in [-0.05, 0) is 60.7 Å². The van der Waals surface area contributed by atoms with E-state index in [1.165, 1.54) is 11.3 Å². The fourth-order valence-electron chi connectivity index (χ4n) is 7.09. The van der Waals surface area contributed by atoms with Gasteiger partial charge in [-0.1, -0.05) is 72.8 Å². The van der Waals surface area contributed by atoms with E-state index < -0.39 is 0 Å². The van der Waals surface area contributed by atoms with Crippen molar-refractivity contribution in [2.24, 2.45) is 0 Å². The van der Waals surface area contributed by atoms with Crippen molar-refractivity contribution in [3.63, 3.8) is 0 Å². The van der Waals surface area contributed by atoms with Gasteiger partial charge in [-0.3, -0.25) is 9.80 Å². The molecule has 6 aromatic carbocycles. The Balaban J connectivity index is 1.03. The smallest absolute Gasteiger partial charge is 0.255 e. The zero-order chi connectivity index (χ0) is 34.9. The number of hydrogen-bond donors (Lipinski definition) is 0. The van der Waals surface area contributed by atoms with E-state index in [0.29, 0.717) is 27.6 Å². The molecule has 53 heavy (non-hydrogen) atoms. The molecule has 0 radical (unpaired) electrons. The van der Waals surface area contributed by atoms with Gasteiger partial charge in [0.2, 0.25) is 0 Å². The molecule has 11 aromatic rings. The summed E-state index contributed by atoms with van der Waals surface area (Å²) in [5.74, 6) is 1.09. The monoisotopic (exact) mass is 703 g/mol. The summed E-state index contributed by atoms with van der Waals surface area (Å²) < 4.78 is 13.4. The molecule has 0 aliphatic carbocycles. The van der Waals surface area contributed by atoms with E-state index in [4.69, 9.17) is 24.0 Å². The third kappa shape index (κ3) is 4.80. The fourth-order valence-corrected chi connectivity index (χ4v) is 8.06. The van der Waals surface area contributed by atoms with Gasteiger partial charge in [0, 0.05) is 51.1 Å². The maximum Gasteiger partial charge on any atom is 0.255 e. The number of nitrogens with zero attached hydrogens (tertiary/aromatic N) is 7. The van der Waals surface area contributed by atoms with Crippen LogP contribution < -0.4 is 9.80 Å². The predicted octanol–water partition coefficient (Wildman–Crippen LogP) is 11.8. The first-order valence-corrected chi connectivity index (χ1v) is 17.9. The molecule has 0 aliphatic heterocycles. The van der Waals surface area contributed by atoms with Gasteiger partial charge >= 0.3 is 0 Å². The van der Waals surface area contributed by atoms with Gasteiger partial charge in [-0.2, -0.15) is 4.98 Å². The Kier molecular flexibility index (Phi) is 6.52. The Morgan fingerprint density at radius 1 is 0.415 bits per heavy atom. The molecule has 0 N–H and O–H groups in total. The molecule has 0 aliphatic rings. The second kappa shape index (κ2) is 11.7. The van der Waals surface area contributed by atoms with Gasteiger partial charge < -0.3 is 8.83 Å². The predicted molar refractivity (Wildman–Crippen MR) is 212 cm³/mol. The molecule has 10 heteroatoms. The van der Waals surface area contributed by atoms with Crippen LogP contribution in [-0.4, -0.2) is 25.4 Å². The Labute approximate surface area is 305 Å². The van der Waals surface area contributed by atoms with Crippen LogP contribution in [0.2, 0.25) is 0 Å². The van der Waals surface area contributed by atoms with Crippen LogP contribution in [0.25, 0.3) is 64.4 Å². The summed E-state index contributed by atoms with van der Waals surface area (Å²) >= 11 is 1.51. The van der Waals surface area contributed by atoms with Crippen LogP contribution in [-0.2, 0) is 0 Å². The quantitative estimate of drug-likeness (QED) is 0.168. The van der Waals surface area contributed by atoms with Gasteiger partial charge in [0.25, 0.3) is 5.95 Å². The summed E-state index contributed by atoms with van der Waals surface area (Å²) in [6, 6.07) is 50.8. The molecule has 0 saturated carbocycles. The Morgan fingerprint density at radius 3 is 1.58 bits per heavy atom. The second-order valence-electron chi connectivity index (χ2n) is 12.7. The molecule has 5 heterocycles. The SMILES string of the molecule is c1ccc(N(c2ccc3c(c2)oc2ccccc23)c2cc3sc4nc(N(c5ccccc5)c5ccc6c(c5)oc5ccccc56)nnc4c3nn2)cc1. The van der Waals surface area contributed by atoms with Crippen LogP contribution in [0.1, 0.15) is 0 Å². The molecular weight excluding hydrogens is 679 g/mol. The summed E-state index contributed by atoms with van der Waals surface area (Å²) in [5.41, 5.74) is 8.12. The number of benzene rings is 6. The van der Waals surface area contributed by atoms with E-state index >= 15 is 0 Å². The van der Waals surface area contributed by atoms with Gasteiger partial charge in [0.15, 0.2) is 16.2 Å². The van der Waals surface area contributed by atoms with Crippen molar-refractivity contribution >= 4 is 110 Å². The lowest BCUT2D eigenvalue weighted by Crippen LogP contribution is -2.13. The lowest BCUT2D eigenvalue weighted by molar-refractivity contribution is 0.668. The molecule has 0 spiro atoms. The molecule has 0 bridgehead atoms. The summed E-state index contributed by atoms with van der Waals surface area (Å²) in [6.45, 7) is 0. The average molecular weight is 704 g/mol. The number of anilines is 6. The van der Waals surface area contributed by atoms with Crippen molar-refractivity contribution in [2.75, 3.05) is 9.80 Å². The number of hydrogen-bond acceptors (Lipinski definition) is 10. The Morgan fingerprint density at radius 2 is 0.943 bits per heavy atom. The van der Waals surface area contributed by atoms with Gasteiger partial charge in [-0.25, -0.2) is 0 Å². The Hall–Kier alpha value is -7.17. The van der Waals surface area contributed by atoms with Crippen LogP contribution >= 0.6 is 11.3 Å². The number of rotatable bonds is 6. The highest BCUT2D eigenvalue weighted by molar-refractivity contribution is 7.25. The highest BCUT2D eigenvalue weighted by atomic mass is 32.1. The van der Waals surface area contributed by atoms with Crippen molar-refractivity contribution in [2.45, 2.75) is 0 Å². The first-order chi connectivity index (χ1) is 26.2. The minimum absolute atomic E-state index is 0.434. The van der Waals surface area contributed by atoms with Crippen molar-refractivity contribution in [1.82, 2.24) is 25.4 Å². The van der Waals surface area contributed by atoms with E-state index in [1.54, 1.807) is 0 Å². The summed E-state index contributed by atoms with van der Waals surface area (Å²) in [7, 11) is 0. The van der Waals surface area contributed by atoms with Crippen LogP contribution in [0.3, 0.4) is 0 Å². The lowest BCUT2D eigenvalue weighted by Gasteiger charge is -2.23. The lowest BCUT2D eigenvalue weighted by atomic mass is 10.1. The Bertz CT molecular complexity index is 2950. The fraction of sp³-hybridized carbons (Fsp3) is 0. The number of furan rings is 2. The molecular formula is C43H25N7O2S. The summed E-state index contributed by atoms with van der Waals surface area (Å²) in [4.78, 5) is 9.86. The van der Waals surface area contributed by atoms with Gasteiger partial charge in [0.05, 0.1) is 16.1 Å². The molecule has 9 nitrogen and oxygen atoms in total. The molecule has 0 atom stereocenters. The number of thiophene rings is 1. The molecule has 0 saturated heterocycles. The molecule has 11 rings (SSSR count). The van der Waals surface area contributed by atoms with E-state index in [1.807, 2.05) is 102 Å². The van der Waals surface area contributed by atoms with Gasteiger partial charge in [0.1, 0.15) is 27.8 Å². The molecule has 5 aromatic heterocycles. The largest absolute Gasteiger partial charge is 0.456 e. The van der Waals surface area contributed by atoms with E-state index in [2.05, 4.69) is 69.7 Å². The van der Waals surface area contributed by atoms with Crippen LogP contribution in [0.5, 0.6) is 0 Å². The normalized spacial score (nSPS) is 11.8. The zero-order valence-electron chi connectivity index (χ0n) is 27.8. The van der Waals surface area contributed by atoms with E-state index in [-0.39, 0.29) is 0 Å². The van der Waals surface area contributed by atoms with Crippen molar-refractivity contribution in [3.05, 3.63) is 152 Å². The first kappa shape index (κ1) is 29.5. The third-order valence-electron chi connectivity index (χ3n) is 9.52. The summed E-state index contributed by atoms with van der Waals surface area (Å²) in [5, 5.41) is 23.1.